The smallest absolute Gasteiger partial charge is 0.123 e. The second-order valence-electron chi connectivity index (χ2n) is 4.41. The molecule has 2 aromatic rings. The van der Waals surface area contributed by atoms with E-state index in [9.17, 15) is 4.39 Å². The SMILES string of the molecule is CN(Cc1cccs1)C(CN)c1cc(F)ccc1Br. The lowest BCUT2D eigenvalue weighted by molar-refractivity contribution is 0.242. The Hall–Kier alpha value is -0.750. The highest BCUT2D eigenvalue weighted by molar-refractivity contribution is 9.10. The van der Waals surface area contributed by atoms with Gasteiger partial charge in [0.25, 0.3) is 0 Å². The van der Waals surface area contributed by atoms with Gasteiger partial charge in [0.1, 0.15) is 5.82 Å². The Balaban J connectivity index is 2.21. The highest BCUT2D eigenvalue weighted by Crippen LogP contribution is 2.28. The summed E-state index contributed by atoms with van der Waals surface area (Å²) >= 11 is 5.19. The Morgan fingerprint density at radius 2 is 2.21 bits per heavy atom. The fourth-order valence-electron chi connectivity index (χ4n) is 2.07. The Kier molecular flexibility index (Phi) is 5.10. The molecule has 5 heteroatoms. The Morgan fingerprint density at radius 3 is 2.84 bits per heavy atom. The van der Waals surface area contributed by atoms with Gasteiger partial charge in [-0.3, -0.25) is 4.90 Å². The summed E-state index contributed by atoms with van der Waals surface area (Å²) in [5.74, 6) is -0.235. The fourth-order valence-corrected chi connectivity index (χ4v) is 3.35. The van der Waals surface area contributed by atoms with E-state index in [2.05, 4.69) is 32.3 Å². The third kappa shape index (κ3) is 3.63. The maximum absolute atomic E-state index is 13.4. The van der Waals surface area contributed by atoms with Gasteiger partial charge in [-0.15, -0.1) is 11.3 Å². The molecule has 0 aliphatic heterocycles. The highest BCUT2D eigenvalue weighted by Gasteiger charge is 2.19. The first-order valence-corrected chi connectivity index (χ1v) is 7.66. The predicted molar refractivity (Wildman–Crippen MR) is 81.7 cm³/mol. The molecule has 0 saturated heterocycles. The van der Waals surface area contributed by atoms with Crippen molar-refractivity contribution in [3.8, 4) is 0 Å². The largest absolute Gasteiger partial charge is 0.329 e. The summed E-state index contributed by atoms with van der Waals surface area (Å²) in [7, 11) is 2.01. The number of nitrogens with zero attached hydrogens (tertiary/aromatic N) is 1. The quantitative estimate of drug-likeness (QED) is 0.895. The standard InChI is InChI=1S/C14H16BrFN2S/c1-18(9-11-3-2-6-19-11)14(8-17)12-7-10(16)4-5-13(12)15/h2-7,14H,8-9,17H2,1H3. The second-order valence-corrected chi connectivity index (χ2v) is 6.30. The van der Waals surface area contributed by atoms with Crippen LogP contribution in [0.2, 0.25) is 0 Å². The average molecular weight is 343 g/mol. The summed E-state index contributed by atoms with van der Waals surface area (Å²) in [6.45, 7) is 1.26. The average Bonchev–Trinajstić information content (AvgIpc) is 2.87. The van der Waals surface area contributed by atoms with E-state index in [-0.39, 0.29) is 11.9 Å². The molecule has 0 aliphatic carbocycles. The van der Waals surface area contributed by atoms with Gasteiger partial charge in [-0.25, -0.2) is 4.39 Å². The first-order chi connectivity index (χ1) is 9.11. The minimum absolute atomic E-state index is 0.00725. The van der Waals surface area contributed by atoms with Gasteiger partial charge in [0.2, 0.25) is 0 Å². The van der Waals surface area contributed by atoms with Crippen LogP contribution in [0.3, 0.4) is 0 Å². The third-order valence-electron chi connectivity index (χ3n) is 3.06. The Morgan fingerprint density at radius 1 is 1.42 bits per heavy atom. The summed E-state index contributed by atoms with van der Waals surface area (Å²) < 4.78 is 14.3. The van der Waals surface area contributed by atoms with E-state index >= 15 is 0 Å². The molecular weight excluding hydrogens is 327 g/mol. The van der Waals surface area contributed by atoms with Crippen molar-refractivity contribution in [1.82, 2.24) is 4.90 Å². The molecule has 0 amide bonds. The molecule has 102 valence electrons. The zero-order valence-electron chi connectivity index (χ0n) is 10.6. The summed E-state index contributed by atoms with van der Waals surface area (Å²) in [5.41, 5.74) is 6.76. The molecule has 2 N–H and O–H groups in total. The van der Waals surface area contributed by atoms with Crippen LogP contribution in [0, 0.1) is 5.82 Å². The molecule has 0 radical (unpaired) electrons. The third-order valence-corrected chi connectivity index (χ3v) is 4.64. The summed E-state index contributed by atoms with van der Waals surface area (Å²) in [6, 6.07) is 8.84. The molecule has 0 aliphatic rings. The summed E-state index contributed by atoms with van der Waals surface area (Å²) in [6.07, 6.45) is 0. The number of likely N-dealkylation sites (N-methyl/N-ethyl adjacent to an activating group) is 1. The van der Waals surface area contributed by atoms with Crippen LogP contribution in [0.5, 0.6) is 0 Å². The van der Waals surface area contributed by atoms with Gasteiger partial charge in [-0.05, 0) is 42.3 Å². The monoisotopic (exact) mass is 342 g/mol. The first kappa shape index (κ1) is 14.7. The molecule has 2 nitrogen and oxygen atoms in total. The van der Waals surface area contributed by atoms with Crippen molar-refractivity contribution in [3.05, 3.63) is 56.4 Å². The van der Waals surface area contributed by atoms with E-state index in [0.29, 0.717) is 6.54 Å². The van der Waals surface area contributed by atoms with Crippen molar-refractivity contribution in [1.29, 1.82) is 0 Å². The van der Waals surface area contributed by atoms with Crippen molar-refractivity contribution in [2.45, 2.75) is 12.6 Å². The molecule has 19 heavy (non-hydrogen) atoms. The molecule has 1 aromatic carbocycles. The van der Waals surface area contributed by atoms with Crippen LogP contribution in [0.15, 0.2) is 40.2 Å². The van der Waals surface area contributed by atoms with Gasteiger partial charge in [0.05, 0.1) is 0 Å². The lowest BCUT2D eigenvalue weighted by atomic mass is 10.1. The Labute approximate surface area is 125 Å². The van der Waals surface area contributed by atoms with Crippen LogP contribution >= 0.6 is 27.3 Å². The summed E-state index contributed by atoms with van der Waals surface area (Å²) in [4.78, 5) is 3.42. The van der Waals surface area contributed by atoms with E-state index in [0.717, 1.165) is 16.6 Å². The van der Waals surface area contributed by atoms with Gasteiger partial charge < -0.3 is 5.73 Å². The van der Waals surface area contributed by atoms with Crippen LogP contribution in [-0.4, -0.2) is 18.5 Å². The Bertz CT molecular complexity index is 530. The van der Waals surface area contributed by atoms with Crippen LogP contribution in [0.4, 0.5) is 4.39 Å². The van der Waals surface area contributed by atoms with E-state index in [1.807, 2.05) is 13.1 Å². The van der Waals surface area contributed by atoms with Crippen LogP contribution in [0.25, 0.3) is 0 Å². The molecule has 1 aromatic heterocycles. The lowest BCUT2D eigenvalue weighted by Gasteiger charge is -2.27. The molecule has 0 bridgehead atoms. The van der Waals surface area contributed by atoms with Gasteiger partial charge in [-0.2, -0.15) is 0 Å². The van der Waals surface area contributed by atoms with Crippen molar-refractivity contribution in [3.63, 3.8) is 0 Å². The predicted octanol–water partition coefficient (Wildman–Crippen LogP) is 3.78. The molecule has 0 saturated carbocycles. The number of thiophene rings is 1. The first-order valence-electron chi connectivity index (χ1n) is 5.99. The molecule has 1 atom stereocenters. The van der Waals surface area contributed by atoms with Gasteiger partial charge in [0.15, 0.2) is 0 Å². The minimum Gasteiger partial charge on any atom is -0.329 e. The normalized spacial score (nSPS) is 12.9. The molecule has 0 fully saturated rings. The van der Waals surface area contributed by atoms with E-state index < -0.39 is 0 Å². The molecule has 1 heterocycles. The zero-order chi connectivity index (χ0) is 13.8. The van der Waals surface area contributed by atoms with Crippen LogP contribution < -0.4 is 5.73 Å². The molecule has 0 spiro atoms. The fraction of sp³-hybridized carbons (Fsp3) is 0.286. The number of halogens is 2. The van der Waals surface area contributed by atoms with Crippen molar-refractivity contribution < 1.29 is 4.39 Å². The number of hydrogen-bond donors (Lipinski definition) is 1. The van der Waals surface area contributed by atoms with E-state index in [1.54, 1.807) is 23.5 Å². The number of benzene rings is 1. The van der Waals surface area contributed by atoms with Crippen LogP contribution in [0.1, 0.15) is 16.5 Å². The molecular formula is C14H16BrFN2S. The minimum atomic E-state index is -0.235. The number of hydrogen-bond acceptors (Lipinski definition) is 3. The van der Waals surface area contributed by atoms with Crippen molar-refractivity contribution in [2.75, 3.05) is 13.6 Å². The van der Waals surface area contributed by atoms with Crippen LogP contribution in [-0.2, 0) is 6.54 Å². The van der Waals surface area contributed by atoms with Gasteiger partial charge in [-0.1, -0.05) is 22.0 Å². The maximum Gasteiger partial charge on any atom is 0.123 e. The lowest BCUT2D eigenvalue weighted by Crippen LogP contribution is -2.30. The van der Waals surface area contributed by atoms with E-state index in [4.69, 9.17) is 5.73 Å². The van der Waals surface area contributed by atoms with Gasteiger partial charge >= 0.3 is 0 Å². The van der Waals surface area contributed by atoms with E-state index in [1.165, 1.54) is 10.9 Å². The maximum atomic E-state index is 13.4. The zero-order valence-corrected chi connectivity index (χ0v) is 13.0. The number of rotatable bonds is 5. The number of nitrogens with two attached hydrogens (primary N) is 1. The molecule has 1 unspecified atom stereocenters. The van der Waals surface area contributed by atoms with Gasteiger partial charge in [0, 0.05) is 28.5 Å². The molecule has 2 rings (SSSR count). The van der Waals surface area contributed by atoms with Crippen molar-refractivity contribution >= 4 is 27.3 Å². The van der Waals surface area contributed by atoms with Crippen molar-refractivity contribution in [2.24, 2.45) is 5.73 Å². The topological polar surface area (TPSA) is 29.3 Å². The highest BCUT2D eigenvalue weighted by atomic mass is 79.9. The second kappa shape index (κ2) is 6.61. The summed E-state index contributed by atoms with van der Waals surface area (Å²) in [5, 5.41) is 2.05.